The summed E-state index contributed by atoms with van der Waals surface area (Å²) >= 11 is 0. The SMILES string of the molecule is C[C@@H](O)[C@H](NC(=O)[C@@H](NC(=O)[C@@H](N)CCC(=O)O)[C@@H](C)O)C(=O)N[C@@H](Cc1ccc(O)cc1)C(=O)O. The summed E-state index contributed by atoms with van der Waals surface area (Å²) in [5.41, 5.74) is 6.08. The molecule has 1 aromatic carbocycles. The molecule has 0 aromatic heterocycles. The van der Waals surface area contributed by atoms with Gasteiger partial charge in [0.25, 0.3) is 0 Å². The molecule has 0 unspecified atom stereocenters. The average molecular weight is 513 g/mol. The standard InChI is InChI=1S/C22H32N4O10/c1-10(27)17(20(33)24-15(22(35)36)9-12-3-5-13(29)6-4-12)26-21(34)18(11(2)28)25-19(32)14(23)7-8-16(30)31/h3-6,10-11,14-15,17-18,27-29H,7-9,23H2,1-2H3,(H,24,33)(H,25,32)(H,26,34)(H,30,31)(H,35,36)/t10-,11-,14+,15+,17+,18+/m1/s1. The van der Waals surface area contributed by atoms with E-state index >= 15 is 0 Å². The molecule has 0 aliphatic heterocycles. The highest BCUT2D eigenvalue weighted by Crippen LogP contribution is 2.12. The number of carboxylic acids is 2. The third-order valence-electron chi connectivity index (χ3n) is 5.12. The molecule has 200 valence electrons. The van der Waals surface area contributed by atoms with Gasteiger partial charge in [-0.3, -0.25) is 19.2 Å². The van der Waals surface area contributed by atoms with Crippen LogP contribution in [0.1, 0.15) is 32.3 Å². The number of amides is 3. The van der Waals surface area contributed by atoms with Crippen molar-refractivity contribution in [3.05, 3.63) is 29.8 Å². The van der Waals surface area contributed by atoms with Crippen LogP contribution >= 0.6 is 0 Å². The van der Waals surface area contributed by atoms with Crippen molar-refractivity contribution in [3.8, 4) is 5.75 Å². The van der Waals surface area contributed by atoms with Crippen LogP contribution in [0.2, 0.25) is 0 Å². The Labute approximate surface area is 206 Å². The highest BCUT2D eigenvalue weighted by Gasteiger charge is 2.34. The number of hydrogen-bond donors (Lipinski definition) is 9. The largest absolute Gasteiger partial charge is 0.508 e. The summed E-state index contributed by atoms with van der Waals surface area (Å²) < 4.78 is 0. The van der Waals surface area contributed by atoms with Gasteiger partial charge in [-0.25, -0.2) is 4.79 Å². The second-order valence-electron chi connectivity index (χ2n) is 8.26. The molecule has 0 aliphatic carbocycles. The molecule has 0 saturated heterocycles. The first kappa shape index (κ1) is 30.3. The van der Waals surface area contributed by atoms with Gasteiger partial charge in [0.15, 0.2) is 0 Å². The van der Waals surface area contributed by atoms with Crippen LogP contribution in [0.5, 0.6) is 5.75 Å². The van der Waals surface area contributed by atoms with E-state index in [0.29, 0.717) is 5.56 Å². The molecule has 0 bridgehead atoms. The second-order valence-corrected chi connectivity index (χ2v) is 8.26. The van der Waals surface area contributed by atoms with Gasteiger partial charge in [0.05, 0.1) is 18.2 Å². The molecular weight excluding hydrogens is 480 g/mol. The number of aliphatic carboxylic acids is 2. The molecule has 6 atom stereocenters. The third kappa shape index (κ3) is 9.85. The van der Waals surface area contributed by atoms with Gasteiger partial charge in [-0.1, -0.05) is 12.1 Å². The summed E-state index contributed by atoms with van der Waals surface area (Å²) in [7, 11) is 0. The van der Waals surface area contributed by atoms with Crippen molar-refractivity contribution in [3.63, 3.8) is 0 Å². The lowest BCUT2D eigenvalue weighted by Gasteiger charge is -2.27. The van der Waals surface area contributed by atoms with Crippen LogP contribution in [0, 0.1) is 0 Å². The number of hydrogen-bond acceptors (Lipinski definition) is 9. The molecule has 10 N–H and O–H groups in total. The zero-order valence-corrected chi connectivity index (χ0v) is 19.7. The number of carbonyl (C=O) groups is 5. The van der Waals surface area contributed by atoms with E-state index in [4.69, 9.17) is 10.8 Å². The normalized spacial score (nSPS) is 15.9. The second kappa shape index (κ2) is 14.0. The van der Waals surface area contributed by atoms with Crippen LogP contribution in [0.4, 0.5) is 0 Å². The lowest BCUT2D eigenvalue weighted by molar-refractivity contribution is -0.143. The number of benzene rings is 1. The maximum absolute atomic E-state index is 12.7. The zero-order valence-electron chi connectivity index (χ0n) is 19.7. The van der Waals surface area contributed by atoms with Crippen LogP contribution < -0.4 is 21.7 Å². The average Bonchev–Trinajstić information content (AvgIpc) is 2.79. The summed E-state index contributed by atoms with van der Waals surface area (Å²) in [6, 6.07) is -0.403. The number of phenolic OH excluding ortho intramolecular Hbond substituents is 1. The summed E-state index contributed by atoms with van der Waals surface area (Å²) in [4.78, 5) is 60.0. The van der Waals surface area contributed by atoms with Gasteiger partial charge in [-0.15, -0.1) is 0 Å². The Bertz CT molecular complexity index is 935. The Morgan fingerprint density at radius 1 is 0.833 bits per heavy atom. The number of carboxylic acid groups (broad SMARTS) is 2. The van der Waals surface area contributed by atoms with Gasteiger partial charge in [0, 0.05) is 12.8 Å². The molecule has 36 heavy (non-hydrogen) atoms. The van der Waals surface area contributed by atoms with Gasteiger partial charge >= 0.3 is 11.9 Å². The number of nitrogens with one attached hydrogen (secondary N) is 3. The number of aliphatic hydroxyl groups excluding tert-OH is 2. The number of aliphatic hydroxyl groups is 2. The molecule has 0 saturated carbocycles. The molecule has 1 rings (SSSR count). The van der Waals surface area contributed by atoms with E-state index < -0.39 is 72.5 Å². The monoisotopic (exact) mass is 512 g/mol. The zero-order chi connectivity index (χ0) is 27.6. The maximum Gasteiger partial charge on any atom is 0.326 e. The van der Waals surface area contributed by atoms with Crippen LogP contribution in [0.3, 0.4) is 0 Å². The molecule has 0 radical (unpaired) electrons. The number of carbonyl (C=O) groups excluding carboxylic acids is 3. The summed E-state index contributed by atoms with van der Waals surface area (Å²) in [5.74, 6) is -5.64. The number of rotatable bonds is 14. The fourth-order valence-corrected chi connectivity index (χ4v) is 3.05. The first-order valence-corrected chi connectivity index (χ1v) is 11.0. The molecule has 0 aliphatic rings. The molecule has 14 heteroatoms. The first-order valence-electron chi connectivity index (χ1n) is 11.0. The van der Waals surface area contributed by atoms with Gasteiger partial charge in [-0.2, -0.15) is 0 Å². The van der Waals surface area contributed by atoms with Crippen molar-refractivity contribution in [2.24, 2.45) is 5.73 Å². The molecule has 14 nitrogen and oxygen atoms in total. The van der Waals surface area contributed by atoms with E-state index in [2.05, 4.69) is 16.0 Å². The van der Waals surface area contributed by atoms with Gasteiger partial charge in [0.1, 0.15) is 23.9 Å². The van der Waals surface area contributed by atoms with E-state index in [1.807, 2.05) is 0 Å². The minimum absolute atomic E-state index is 0.0332. The van der Waals surface area contributed by atoms with Crippen molar-refractivity contribution >= 4 is 29.7 Å². The van der Waals surface area contributed by atoms with E-state index in [-0.39, 0.29) is 18.6 Å². The molecule has 0 spiro atoms. The lowest BCUT2D eigenvalue weighted by atomic mass is 10.0. The highest BCUT2D eigenvalue weighted by molar-refractivity contribution is 5.94. The van der Waals surface area contributed by atoms with Crippen LogP contribution in [-0.2, 0) is 30.4 Å². The van der Waals surface area contributed by atoms with Gasteiger partial charge in [-0.05, 0) is 38.0 Å². The minimum Gasteiger partial charge on any atom is -0.508 e. The van der Waals surface area contributed by atoms with Crippen LogP contribution in [0.15, 0.2) is 24.3 Å². The Morgan fingerprint density at radius 2 is 1.31 bits per heavy atom. The summed E-state index contributed by atoms with van der Waals surface area (Å²) in [6.45, 7) is 2.33. The molecular formula is C22H32N4O10. The van der Waals surface area contributed by atoms with E-state index in [1.54, 1.807) is 0 Å². The van der Waals surface area contributed by atoms with Gasteiger partial charge in [0.2, 0.25) is 17.7 Å². The van der Waals surface area contributed by atoms with E-state index in [1.165, 1.54) is 31.2 Å². The van der Waals surface area contributed by atoms with Crippen molar-refractivity contribution in [1.29, 1.82) is 0 Å². The minimum atomic E-state index is -1.65. The fourth-order valence-electron chi connectivity index (χ4n) is 3.05. The van der Waals surface area contributed by atoms with Gasteiger partial charge < -0.3 is 47.2 Å². The molecule has 0 heterocycles. The number of nitrogens with two attached hydrogens (primary N) is 1. The predicted molar refractivity (Wildman–Crippen MR) is 123 cm³/mol. The Morgan fingerprint density at radius 3 is 1.75 bits per heavy atom. The molecule has 0 fully saturated rings. The first-order chi connectivity index (χ1) is 16.7. The van der Waals surface area contributed by atoms with Crippen LogP contribution in [-0.4, -0.2) is 91.6 Å². The summed E-state index contributed by atoms with van der Waals surface area (Å²) in [5, 5.41) is 54.1. The Balaban J connectivity index is 2.92. The van der Waals surface area contributed by atoms with E-state index in [9.17, 15) is 44.4 Å². The third-order valence-corrected chi connectivity index (χ3v) is 5.12. The highest BCUT2D eigenvalue weighted by atomic mass is 16.4. The van der Waals surface area contributed by atoms with Crippen molar-refractivity contribution in [2.75, 3.05) is 0 Å². The summed E-state index contributed by atoms with van der Waals surface area (Å²) in [6.07, 6.45) is -3.77. The molecule has 3 amide bonds. The van der Waals surface area contributed by atoms with Crippen molar-refractivity contribution in [1.82, 2.24) is 16.0 Å². The maximum atomic E-state index is 12.7. The number of aromatic hydroxyl groups is 1. The van der Waals surface area contributed by atoms with E-state index in [0.717, 1.165) is 6.92 Å². The Hall–Kier alpha value is -3.75. The quantitative estimate of drug-likeness (QED) is 0.125. The smallest absolute Gasteiger partial charge is 0.326 e. The van der Waals surface area contributed by atoms with Crippen LogP contribution in [0.25, 0.3) is 0 Å². The predicted octanol–water partition coefficient (Wildman–Crippen LogP) is -2.57. The van der Waals surface area contributed by atoms with Crippen molar-refractivity contribution < 1.29 is 49.5 Å². The lowest BCUT2D eigenvalue weighted by Crippen LogP contribution is -2.62. The fraction of sp³-hybridized carbons (Fsp3) is 0.500. The molecule has 1 aromatic rings. The number of phenols is 1. The van der Waals surface area contributed by atoms with Crippen molar-refractivity contribution in [2.45, 2.75) is 69.5 Å². The topological polar surface area (TPSA) is 249 Å². The Kier molecular flexibility index (Phi) is 11.7.